The summed E-state index contributed by atoms with van der Waals surface area (Å²) in [5.41, 5.74) is 1.46. The number of aldehydes is 1. The van der Waals surface area contributed by atoms with Crippen LogP contribution in [0.1, 0.15) is 21.8 Å². The van der Waals surface area contributed by atoms with Crippen LogP contribution in [0.3, 0.4) is 0 Å². The second-order valence-corrected chi connectivity index (χ2v) is 2.95. The first-order valence-corrected chi connectivity index (χ1v) is 4.07. The number of hydrogen-bond donors (Lipinski definition) is 0. The first-order chi connectivity index (χ1) is 6.72. The van der Waals surface area contributed by atoms with E-state index in [4.69, 9.17) is 9.05 Å². The molecule has 2 rings (SSSR count). The maximum absolute atomic E-state index is 10.7. The van der Waals surface area contributed by atoms with Gasteiger partial charge in [0.15, 0.2) is 17.7 Å². The number of nitrogens with zero attached hydrogens (tertiary/aromatic N) is 2. The maximum Gasteiger partial charge on any atom is 0.199 e. The Morgan fingerprint density at radius 2 is 2.07 bits per heavy atom. The molecule has 0 aliphatic rings. The minimum absolute atomic E-state index is 0.356. The summed E-state index contributed by atoms with van der Waals surface area (Å²) in [5, 5.41) is 7.43. The molecule has 0 atom stereocenters. The summed E-state index contributed by atoms with van der Waals surface area (Å²) in [4.78, 5) is 10.7. The molecule has 2 aromatic heterocycles. The molecule has 2 heterocycles. The van der Waals surface area contributed by atoms with Crippen molar-refractivity contribution in [2.75, 3.05) is 0 Å². The van der Waals surface area contributed by atoms with Crippen molar-refractivity contribution in [2.45, 2.75) is 13.8 Å². The molecule has 5 heteroatoms. The largest absolute Gasteiger partial charge is 0.361 e. The molecule has 0 unspecified atom stereocenters. The van der Waals surface area contributed by atoms with Gasteiger partial charge in [-0.2, -0.15) is 0 Å². The zero-order valence-electron chi connectivity index (χ0n) is 7.77. The number of hydrogen-bond acceptors (Lipinski definition) is 5. The molecule has 0 aliphatic carbocycles. The average molecular weight is 192 g/mol. The van der Waals surface area contributed by atoms with Gasteiger partial charge < -0.3 is 9.05 Å². The van der Waals surface area contributed by atoms with E-state index in [0.717, 1.165) is 0 Å². The molecule has 14 heavy (non-hydrogen) atoms. The second-order valence-electron chi connectivity index (χ2n) is 2.95. The molecule has 2 aromatic rings. The highest BCUT2D eigenvalue weighted by Crippen LogP contribution is 2.23. The zero-order chi connectivity index (χ0) is 10.1. The Bertz CT molecular complexity index is 470. The summed E-state index contributed by atoms with van der Waals surface area (Å²) in [6, 6.07) is 1.69. The maximum atomic E-state index is 10.7. The van der Waals surface area contributed by atoms with Crippen molar-refractivity contribution in [1.82, 2.24) is 10.3 Å². The minimum atomic E-state index is 0.356. The third-order valence-corrected chi connectivity index (χ3v) is 1.89. The highest BCUT2D eigenvalue weighted by molar-refractivity contribution is 5.85. The molecule has 0 fully saturated rings. The lowest BCUT2D eigenvalue weighted by atomic mass is 10.2. The smallest absolute Gasteiger partial charge is 0.199 e. The lowest BCUT2D eigenvalue weighted by Gasteiger charge is -1.86. The third kappa shape index (κ3) is 1.22. The summed E-state index contributed by atoms with van der Waals surface area (Å²) in [7, 11) is 0. The topological polar surface area (TPSA) is 69.1 Å². The average Bonchev–Trinajstić information content (AvgIpc) is 2.71. The Hall–Kier alpha value is -1.91. The normalized spacial score (nSPS) is 10.4. The van der Waals surface area contributed by atoms with Crippen molar-refractivity contribution in [1.29, 1.82) is 0 Å². The first-order valence-electron chi connectivity index (χ1n) is 4.07. The molecule has 0 saturated carbocycles. The third-order valence-electron chi connectivity index (χ3n) is 1.89. The second kappa shape index (κ2) is 3.10. The lowest BCUT2D eigenvalue weighted by molar-refractivity contribution is 0.112. The number of carbonyl (C=O) groups is 1. The van der Waals surface area contributed by atoms with Crippen LogP contribution in [0.15, 0.2) is 15.1 Å². The SMILES string of the molecule is Cc1cc(-c2onc(C)c2C=O)no1. The monoisotopic (exact) mass is 192 g/mol. The minimum Gasteiger partial charge on any atom is -0.361 e. The zero-order valence-corrected chi connectivity index (χ0v) is 7.77. The van der Waals surface area contributed by atoms with Crippen molar-refractivity contribution in [3.05, 3.63) is 23.1 Å². The van der Waals surface area contributed by atoms with Crippen molar-refractivity contribution in [2.24, 2.45) is 0 Å². The molecule has 0 spiro atoms. The van der Waals surface area contributed by atoms with E-state index in [2.05, 4.69) is 10.3 Å². The molecule has 0 aliphatic heterocycles. The molecule has 0 N–H and O–H groups in total. The van der Waals surface area contributed by atoms with Crippen LogP contribution in [0.2, 0.25) is 0 Å². The van der Waals surface area contributed by atoms with Gasteiger partial charge in [0, 0.05) is 6.07 Å². The fourth-order valence-electron chi connectivity index (χ4n) is 1.17. The number of rotatable bonds is 2. The van der Waals surface area contributed by atoms with Gasteiger partial charge in [-0.3, -0.25) is 4.79 Å². The van der Waals surface area contributed by atoms with E-state index >= 15 is 0 Å². The number of aryl methyl sites for hydroxylation is 2. The van der Waals surface area contributed by atoms with E-state index in [1.165, 1.54) is 0 Å². The van der Waals surface area contributed by atoms with Crippen LogP contribution in [0.25, 0.3) is 11.5 Å². The van der Waals surface area contributed by atoms with Crippen LogP contribution in [0.5, 0.6) is 0 Å². The van der Waals surface area contributed by atoms with Gasteiger partial charge >= 0.3 is 0 Å². The number of aromatic nitrogens is 2. The molecule has 0 amide bonds. The van der Waals surface area contributed by atoms with Gasteiger partial charge in [-0.05, 0) is 13.8 Å². The summed E-state index contributed by atoms with van der Waals surface area (Å²) in [5.74, 6) is 1.01. The van der Waals surface area contributed by atoms with Crippen molar-refractivity contribution in [3.8, 4) is 11.5 Å². The van der Waals surface area contributed by atoms with Crippen LogP contribution in [-0.2, 0) is 0 Å². The van der Waals surface area contributed by atoms with Crippen LogP contribution in [0, 0.1) is 13.8 Å². The van der Waals surface area contributed by atoms with E-state index in [1.54, 1.807) is 19.9 Å². The van der Waals surface area contributed by atoms with Crippen molar-refractivity contribution >= 4 is 6.29 Å². The molecular formula is C9H8N2O3. The Balaban J connectivity index is 2.56. The molecular weight excluding hydrogens is 184 g/mol. The van der Waals surface area contributed by atoms with Gasteiger partial charge in [0.05, 0.1) is 11.3 Å². The van der Waals surface area contributed by atoms with Gasteiger partial charge in [-0.1, -0.05) is 10.3 Å². The fraction of sp³-hybridized carbons (Fsp3) is 0.222. The molecule has 0 bridgehead atoms. The van der Waals surface area contributed by atoms with E-state index in [0.29, 0.717) is 34.8 Å². The highest BCUT2D eigenvalue weighted by atomic mass is 16.5. The Morgan fingerprint density at radius 1 is 1.29 bits per heavy atom. The molecule has 0 radical (unpaired) electrons. The predicted molar refractivity (Wildman–Crippen MR) is 46.9 cm³/mol. The highest BCUT2D eigenvalue weighted by Gasteiger charge is 2.17. The molecule has 0 saturated heterocycles. The van der Waals surface area contributed by atoms with Gasteiger partial charge in [0.25, 0.3) is 0 Å². The Labute approximate surface area is 79.7 Å². The van der Waals surface area contributed by atoms with Crippen LogP contribution < -0.4 is 0 Å². The quantitative estimate of drug-likeness (QED) is 0.678. The molecule has 5 nitrogen and oxygen atoms in total. The molecule has 0 aromatic carbocycles. The van der Waals surface area contributed by atoms with E-state index < -0.39 is 0 Å². The summed E-state index contributed by atoms with van der Waals surface area (Å²) in [6.07, 6.45) is 0.700. The summed E-state index contributed by atoms with van der Waals surface area (Å²) >= 11 is 0. The van der Waals surface area contributed by atoms with Crippen LogP contribution in [0.4, 0.5) is 0 Å². The molecule has 72 valence electrons. The van der Waals surface area contributed by atoms with Crippen LogP contribution >= 0.6 is 0 Å². The van der Waals surface area contributed by atoms with Gasteiger partial charge in [0.1, 0.15) is 5.76 Å². The Morgan fingerprint density at radius 3 is 2.64 bits per heavy atom. The van der Waals surface area contributed by atoms with E-state index in [9.17, 15) is 4.79 Å². The van der Waals surface area contributed by atoms with Gasteiger partial charge in [-0.25, -0.2) is 0 Å². The van der Waals surface area contributed by atoms with E-state index in [-0.39, 0.29) is 0 Å². The standard InChI is InChI=1S/C9H8N2O3/c1-5-3-8(11-13-5)9-7(4-12)6(2)10-14-9/h3-4H,1-2H3. The van der Waals surface area contributed by atoms with Crippen LogP contribution in [-0.4, -0.2) is 16.6 Å². The van der Waals surface area contributed by atoms with Gasteiger partial charge in [0.2, 0.25) is 0 Å². The van der Waals surface area contributed by atoms with Crippen molar-refractivity contribution < 1.29 is 13.8 Å². The van der Waals surface area contributed by atoms with E-state index in [1.807, 2.05) is 0 Å². The summed E-state index contributed by atoms with van der Waals surface area (Å²) < 4.78 is 9.86. The van der Waals surface area contributed by atoms with Crippen molar-refractivity contribution in [3.63, 3.8) is 0 Å². The first kappa shape index (κ1) is 8.68. The predicted octanol–water partition coefficient (Wildman–Crippen LogP) is 1.76. The lowest BCUT2D eigenvalue weighted by Crippen LogP contribution is -1.84. The van der Waals surface area contributed by atoms with Gasteiger partial charge in [-0.15, -0.1) is 0 Å². The fourth-order valence-corrected chi connectivity index (χ4v) is 1.17. The number of carbonyl (C=O) groups excluding carboxylic acids is 1. The Kier molecular flexibility index (Phi) is 1.92. The summed E-state index contributed by atoms with van der Waals surface area (Å²) in [6.45, 7) is 3.46.